The van der Waals surface area contributed by atoms with Crippen LogP contribution >= 0.6 is 0 Å². The number of anilines is 1. The van der Waals surface area contributed by atoms with Crippen molar-refractivity contribution in [3.8, 4) is 0 Å². The Morgan fingerprint density at radius 2 is 2.04 bits per heavy atom. The van der Waals surface area contributed by atoms with Gasteiger partial charge in [0.05, 0.1) is 25.8 Å². The molecule has 1 saturated heterocycles. The van der Waals surface area contributed by atoms with Gasteiger partial charge in [0.2, 0.25) is 5.91 Å². The summed E-state index contributed by atoms with van der Waals surface area (Å²) in [5.41, 5.74) is 1.90. The van der Waals surface area contributed by atoms with Crippen molar-refractivity contribution in [1.82, 2.24) is 9.80 Å². The summed E-state index contributed by atoms with van der Waals surface area (Å²) in [6.07, 6.45) is -0.0993. The van der Waals surface area contributed by atoms with E-state index in [-0.39, 0.29) is 24.0 Å². The van der Waals surface area contributed by atoms with Gasteiger partial charge in [-0.05, 0) is 24.1 Å². The van der Waals surface area contributed by atoms with Gasteiger partial charge < -0.3 is 15.2 Å². The standard InChI is InChI=1S/C20H31N3O4/c1-20(2,3)16-7-5-6-8-17(16)21-18(24)13-23-9-10-27-15(12-23)11-22(4)14-19(25)26/h5-8,15H,9-14H2,1-4H3,(H,21,24)(H,25,26). The minimum Gasteiger partial charge on any atom is -0.480 e. The number of rotatable bonds is 7. The number of nitrogens with one attached hydrogen (secondary N) is 1. The number of carbonyl (C=O) groups is 2. The molecule has 1 heterocycles. The molecule has 1 aliphatic heterocycles. The summed E-state index contributed by atoms with van der Waals surface area (Å²) in [4.78, 5) is 27.1. The number of likely N-dealkylation sites (N-methyl/N-ethyl adjacent to an activating group) is 1. The number of hydrogen-bond donors (Lipinski definition) is 2. The molecule has 0 radical (unpaired) electrons. The summed E-state index contributed by atoms with van der Waals surface area (Å²) in [6, 6.07) is 7.88. The molecule has 0 aromatic heterocycles. The number of nitrogens with zero attached hydrogens (tertiary/aromatic N) is 2. The molecule has 0 aliphatic carbocycles. The van der Waals surface area contributed by atoms with Gasteiger partial charge in [-0.3, -0.25) is 19.4 Å². The lowest BCUT2D eigenvalue weighted by atomic mass is 9.86. The summed E-state index contributed by atoms with van der Waals surface area (Å²) >= 11 is 0. The zero-order chi connectivity index (χ0) is 20.0. The second-order valence-electron chi connectivity index (χ2n) is 8.16. The van der Waals surface area contributed by atoms with Crippen LogP contribution in [-0.2, 0) is 19.7 Å². The fourth-order valence-electron chi connectivity index (χ4n) is 3.32. The Morgan fingerprint density at radius 3 is 2.70 bits per heavy atom. The molecule has 0 bridgehead atoms. The highest BCUT2D eigenvalue weighted by atomic mass is 16.5. The molecule has 0 spiro atoms. The van der Waals surface area contributed by atoms with Crippen LogP contribution in [0.1, 0.15) is 26.3 Å². The third kappa shape index (κ3) is 6.93. The number of carboxylic acid groups (broad SMARTS) is 1. The summed E-state index contributed by atoms with van der Waals surface area (Å²) in [5, 5.41) is 11.9. The Hall–Kier alpha value is -1.96. The SMILES string of the molecule is CN(CC(=O)O)CC1CN(CC(=O)Nc2ccccc2C(C)(C)C)CCO1. The van der Waals surface area contributed by atoms with Crippen molar-refractivity contribution in [3.05, 3.63) is 29.8 Å². The quantitative estimate of drug-likeness (QED) is 0.752. The van der Waals surface area contributed by atoms with Crippen molar-refractivity contribution in [2.45, 2.75) is 32.3 Å². The van der Waals surface area contributed by atoms with Crippen molar-refractivity contribution in [3.63, 3.8) is 0 Å². The maximum absolute atomic E-state index is 12.6. The number of para-hydroxylation sites is 1. The lowest BCUT2D eigenvalue weighted by molar-refractivity contribution is -0.138. The van der Waals surface area contributed by atoms with Crippen LogP contribution < -0.4 is 5.32 Å². The first-order valence-corrected chi connectivity index (χ1v) is 9.29. The predicted molar refractivity (Wildman–Crippen MR) is 105 cm³/mol. The fourth-order valence-corrected chi connectivity index (χ4v) is 3.32. The van der Waals surface area contributed by atoms with Gasteiger partial charge in [0, 0.05) is 25.3 Å². The zero-order valence-corrected chi connectivity index (χ0v) is 16.7. The van der Waals surface area contributed by atoms with E-state index in [0.29, 0.717) is 32.8 Å². The highest BCUT2D eigenvalue weighted by molar-refractivity contribution is 5.93. The number of amides is 1. The molecule has 1 aromatic rings. The van der Waals surface area contributed by atoms with E-state index in [1.165, 1.54) is 0 Å². The van der Waals surface area contributed by atoms with Crippen LogP contribution in [-0.4, -0.2) is 79.3 Å². The van der Waals surface area contributed by atoms with E-state index >= 15 is 0 Å². The molecule has 7 nitrogen and oxygen atoms in total. The summed E-state index contributed by atoms with van der Waals surface area (Å²) in [5.74, 6) is -0.909. The molecule has 1 aliphatic rings. The maximum Gasteiger partial charge on any atom is 0.317 e. The lowest BCUT2D eigenvalue weighted by Crippen LogP contribution is -2.49. The van der Waals surface area contributed by atoms with Gasteiger partial charge in [-0.1, -0.05) is 39.0 Å². The Labute approximate surface area is 161 Å². The molecule has 0 saturated carbocycles. The first kappa shape index (κ1) is 21.3. The summed E-state index contributed by atoms with van der Waals surface area (Å²) < 4.78 is 5.72. The smallest absolute Gasteiger partial charge is 0.317 e. The van der Waals surface area contributed by atoms with E-state index in [9.17, 15) is 9.59 Å². The Balaban J connectivity index is 1.90. The number of carboxylic acids is 1. The van der Waals surface area contributed by atoms with Gasteiger partial charge in [0.25, 0.3) is 0 Å². The molecule has 1 fully saturated rings. The van der Waals surface area contributed by atoms with E-state index in [4.69, 9.17) is 9.84 Å². The average Bonchev–Trinajstić information content (AvgIpc) is 2.53. The van der Waals surface area contributed by atoms with Gasteiger partial charge in [0.15, 0.2) is 0 Å². The van der Waals surface area contributed by atoms with Crippen LogP contribution in [0.4, 0.5) is 5.69 Å². The van der Waals surface area contributed by atoms with Crippen LogP contribution in [0.2, 0.25) is 0 Å². The van der Waals surface area contributed by atoms with Gasteiger partial charge in [-0.15, -0.1) is 0 Å². The number of ether oxygens (including phenoxy) is 1. The topological polar surface area (TPSA) is 82.1 Å². The van der Waals surface area contributed by atoms with Crippen LogP contribution in [0.5, 0.6) is 0 Å². The number of carbonyl (C=O) groups excluding carboxylic acids is 1. The summed E-state index contributed by atoms with van der Waals surface area (Å²) in [7, 11) is 1.76. The average molecular weight is 377 g/mol. The van der Waals surface area contributed by atoms with Crippen LogP contribution in [0.25, 0.3) is 0 Å². The number of hydrogen-bond acceptors (Lipinski definition) is 5. The van der Waals surface area contributed by atoms with Crippen molar-refractivity contribution >= 4 is 17.6 Å². The van der Waals surface area contributed by atoms with Crippen LogP contribution in [0.3, 0.4) is 0 Å². The second-order valence-corrected chi connectivity index (χ2v) is 8.16. The monoisotopic (exact) mass is 377 g/mol. The van der Waals surface area contributed by atoms with E-state index in [0.717, 1.165) is 11.3 Å². The second kappa shape index (κ2) is 9.30. The first-order valence-electron chi connectivity index (χ1n) is 9.29. The van der Waals surface area contributed by atoms with Gasteiger partial charge >= 0.3 is 5.97 Å². The summed E-state index contributed by atoms with van der Waals surface area (Å²) in [6.45, 7) is 9.00. The molecular formula is C20H31N3O4. The molecule has 2 N–H and O–H groups in total. The minimum absolute atomic E-state index is 0.0239. The molecule has 1 amide bonds. The largest absolute Gasteiger partial charge is 0.480 e. The Bertz CT molecular complexity index is 657. The van der Waals surface area contributed by atoms with Crippen molar-refractivity contribution < 1.29 is 19.4 Å². The first-order chi connectivity index (χ1) is 12.6. The van der Waals surface area contributed by atoms with Crippen molar-refractivity contribution in [2.24, 2.45) is 0 Å². The third-order valence-corrected chi connectivity index (χ3v) is 4.52. The Morgan fingerprint density at radius 1 is 1.33 bits per heavy atom. The molecule has 7 heteroatoms. The normalized spacial score (nSPS) is 18.5. The highest BCUT2D eigenvalue weighted by Crippen LogP contribution is 2.29. The predicted octanol–water partition coefficient (Wildman–Crippen LogP) is 1.64. The molecule has 150 valence electrons. The van der Waals surface area contributed by atoms with Gasteiger partial charge in [-0.25, -0.2) is 0 Å². The molecular weight excluding hydrogens is 346 g/mol. The van der Waals surface area contributed by atoms with Gasteiger partial charge in [0.1, 0.15) is 0 Å². The highest BCUT2D eigenvalue weighted by Gasteiger charge is 2.24. The molecule has 1 aromatic carbocycles. The fraction of sp³-hybridized carbons (Fsp3) is 0.600. The molecule has 2 rings (SSSR count). The zero-order valence-electron chi connectivity index (χ0n) is 16.7. The lowest BCUT2D eigenvalue weighted by Gasteiger charge is -2.34. The van der Waals surface area contributed by atoms with Crippen molar-refractivity contribution in [2.75, 3.05) is 51.7 Å². The number of morpholine rings is 1. The number of benzene rings is 1. The van der Waals surface area contributed by atoms with E-state index in [1.807, 2.05) is 24.3 Å². The molecule has 27 heavy (non-hydrogen) atoms. The van der Waals surface area contributed by atoms with Crippen molar-refractivity contribution in [1.29, 1.82) is 0 Å². The van der Waals surface area contributed by atoms with E-state index in [1.54, 1.807) is 11.9 Å². The van der Waals surface area contributed by atoms with Gasteiger partial charge in [-0.2, -0.15) is 0 Å². The van der Waals surface area contributed by atoms with E-state index < -0.39 is 5.97 Å². The third-order valence-electron chi connectivity index (χ3n) is 4.52. The van der Waals surface area contributed by atoms with E-state index in [2.05, 4.69) is 31.0 Å². The minimum atomic E-state index is -0.859. The Kier molecular flexibility index (Phi) is 7.35. The van der Waals surface area contributed by atoms with Crippen LogP contribution in [0.15, 0.2) is 24.3 Å². The van der Waals surface area contributed by atoms with Crippen LogP contribution in [0, 0.1) is 0 Å². The molecule has 1 atom stereocenters. The molecule has 1 unspecified atom stereocenters. The number of aliphatic carboxylic acids is 1. The maximum atomic E-state index is 12.6.